The molecule has 0 fully saturated rings. The van der Waals surface area contributed by atoms with Crippen molar-refractivity contribution in [3.63, 3.8) is 0 Å². The zero-order valence-corrected chi connectivity index (χ0v) is 12.4. The van der Waals surface area contributed by atoms with E-state index in [9.17, 15) is 8.42 Å². The number of nitrogens with two attached hydrogens (primary N) is 1. The highest BCUT2D eigenvalue weighted by atomic mass is 32.2. The molecule has 1 aromatic heterocycles. The van der Waals surface area contributed by atoms with Crippen LogP contribution < -0.4 is 10.5 Å². The van der Waals surface area contributed by atoms with Gasteiger partial charge in [-0.25, -0.2) is 13.4 Å². The van der Waals surface area contributed by atoms with Gasteiger partial charge in [0.25, 0.3) is 10.0 Å². The topological polar surface area (TPSA) is 90.0 Å². The number of rotatable bonds is 5. The Labute approximate surface area is 122 Å². The van der Waals surface area contributed by atoms with E-state index in [0.717, 1.165) is 0 Å². The van der Waals surface area contributed by atoms with Crippen molar-refractivity contribution < 1.29 is 8.42 Å². The van der Waals surface area contributed by atoms with E-state index in [1.807, 2.05) is 6.07 Å². The molecule has 2 rings (SSSR count). The molecule has 0 saturated carbocycles. The SMILES string of the molecule is Cn1cnc(S(=O)(=O)NC(C(N)=S)c2ccccc2)c1. The lowest BCUT2D eigenvalue weighted by Crippen LogP contribution is -2.36. The van der Waals surface area contributed by atoms with Crippen LogP contribution in [0.5, 0.6) is 0 Å². The lowest BCUT2D eigenvalue weighted by Gasteiger charge is -2.17. The lowest BCUT2D eigenvalue weighted by atomic mass is 10.1. The number of nitrogens with zero attached hydrogens (tertiary/aromatic N) is 2. The van der Waals surface area contributed by atoms with Gasteiger partial charge in [0.1, 0.15) is 0 Å². The van der Waals surface area contributed by atoms with Crippen LogP contribution in [0.25, 0.3) is 0 Å². The van der Waals surface area contributed by atoms with Crippen LogP contribution in [-0.4, -0.2) is 23.0 Å². The summed E-state index contributed by atoms with van der Waals surface area (Å²) in [5, 5.41) is -0.0721. The Hall–Kier alpha value is -1.77. The maximum Gasteiger partial charge on any atom is 0.260 e. The fraction of sp³-hybridized carbons (Fsp3) is 0.167. The average Bonchev–Trinajstić information content (AvgIpc) is 2.84. The van der Waals surface area contributed by atoms with E-state index < -0.39 is 16.1 Å². The molecular formula is C12H14N4O2S2. The summed E-state index contributed by atoms with van der Waals surface area (Å²) >= 11 is 4.95. The predicted molar refractivity (Wildman–Crippen MR) is 79.5 cm³/mol. The molecule has 8 heteroatoms. The molecule has 6 nitrogen and oxygen atoms in total. The molecule has 0 aliphatic heterocycles. The monoisotopic (exact) mass is 310 g/mol. The van der Waals surface area contributed by atoms with E-state index in [1.54, 1.807) is 35.9 Å². The van der Waals surface area contributed by atoms with E-state index in [0.29, 0.717) is 5.56 Å². The van der Waals surface area contributed by atoms with Crippen LogP contribution in [0.3, 0.4) is 0 Å². The third-order valence-corrected chi connectivity index (χ3v) is 4.19. The number of thiocarbonyl (C=S) groups is 1. The quantitative estimate of drug-likeness (QED) is 0.795. The molecular weight excluding hydrogens is 296 g/mol. The molecule has 1 unspecified atom stereocenters. The van der Waals surface area contributed by atoms with E-state index in [-0.39, 0.29) is 10.0 Å². The van der Waals surface area contributed by atoms with Crippen molar-refractivity contribution in [3.8, 4) is 0 Å². The van der Waals surface area contributed by atoms with Crippen LogP contribution in [0.2, 0.25) is 0 Å². The maximum atomic E-state index is 12.2. The smallest absolute Gasteiger partial charge is 0.260 e. The Morgan fingerprint density at radius 1 is 1.40 bits per heavy atom. The zero-order chi connectivity index (χ0) is 14.8. The first kappa shape index (κ1) is 14.6. The second-order valence-electron chi connectivity index (χ2n) is 4.24. The van der Waals surface area contributed by atoms with Crippen LogP contribution in [0.4, 0.5) is 0 Å². The molecule has 1 aromatic carbocycles. The Balaban J connectivity index is 2.32. The summed E-state index contributed by atoms with van der Waals surface area (Å²) in [7, 11) is -2.09. The minimum absolute atomic E-state index is 0.0516. The van der Waals surface area contributed by atoms with Crippen molar-refractivity contribution in [2.75, 3.05) is 0 Å². The van der Waals surface area contributed by atoms with Crippen LogP contribution in [-0.2, 0) is 17.1 Å². The standard InChI is InChI=1S/C12H14N4O2S2/c1-16-7-10(14-8-16)20(17,18)15-11(12(13)19)9-5-3-2-4-6-9/h2-8,11,15H,1H3,(H2,13,19). The third kappa shape index (κ3) is 3.21. The molecule has 0 aliphatic rings. The average molecular weight is 310 g/mol. The number of aryl methyl sites for hydroxylation is 1. The van der Waals surface area contributed by atoms with Gasteiger partial charge < -0.3 is 10.3 Å². The molecule has 106 valence electrons. The summed E-state index contributed by atoms with van der Waals surface area (Å²) in [5.74, 6) is 0. The lowest BCUT2D eigenvalue weighted by molar-refractivity contribution is 0.574. The predicted octanol–water partition coefficient (Wildman–Crippen LogP) is 0.726. The van der Waals surface area contributed by atoms with Crippen molar-refractivity contribution >= 4 is 27.2 Å². The molecule has 0 amide bonds. The molecule has 0 bridgehead atoms. The minimum Gasteiger partial charge on any atom is -0.392 e. The van der Waals surface area contributed by atoms with Gasteiger partial charge >= 0.3 is 0 Å². The number of sulfonamides is 1. The maximum absolute atomic E-state index is 12.2. The van der Waals surface area contributed by atoms with Gasteiger partial charge in [-0.15, -0.1) is 0 Å². The van der Waals surface area contributed by atoms with Gasteiger partial charge in [-0.2, -0.15) is 4.72 Å². The van der Waals surface area contributed by atoms with Gasteiger partial charge in [0.2, 0.25) is 0 Å². The zero-order valence-electron chi connectivity index (χ0n) is 10.7. The summed E-state index contributed by atoms with van der Waals surface area (Å²) in [6.07, 6.45) is 2.82. The highest BCUT2D eigenvalue weighted by Crippen LogP contribution is 2.16. The van der Waals surface area contributed by atoms with Crippen molar-refractivity contribution in [1.29, 1.82) is 0 Å². The molecule has 0 saturated heterocycles. The van der Waals surface area contributed by atoms with Gasteiger partial charge in [0.15, 0.2) is 5.03 Å². The first-order valence-corrected chi connectivity index (χ1v) is 7.64. The highest BCUT2D eigenvalue weighted by molar-refractivity contribution is 7.89. The second kappa shape index (κ2) is 5.70. The first-order chi connectivity index (χ1) is 9.40. The molecule has 1 atom stereocenters. The van der Waals surface area contributed by atoms with Gasteiger partial charge in [0.05, 0.1) is 17.4 Å². The van der Waals surface area contributed by atoms with Crippen molar-refractivity contribution in [1.82, 2.24) is 14.3 Å². The van der Waals surface area contributed by atoms with Gasteiger partial charge in [0, 0.05) is 13.2 Å². The van der Waals surface area contributed by atoms with E-state index in [2.05, 4.69) is 9.71 Å². The Bertz CT molecular complexity index is 710. The number of benzene rings is 1. The fourth-order valence-corrected chi connectivity index (χ4v) is 3.13. The normalized spacial score (nSPS) is 13.1. The van der Waals surface area contributed by atoms with Gasteiger partial charge in [-0.05, 0) is 5.56 Å². The minimum atomic E-state index is -3.78. The first-order valence-electron chi connectivity index (χ1n) is 5.75. The largest absolute Gasteiger partial charge is 0.392 e. The van der Waals surface area contributed by atoms with Crippen LogP contribution in [0.15, 0.2) is 47.9 Å². The van der Waals surface area contributed by atoms with Gasteiger partial charge in [-0.3, -0.25) is 0 Å². The number of hydrogen-bond donors (Lipinski definition) is 2. The number of hydrogen-bond acceptors (Lipinski definition) is 4. The van der Waals surface area contributed by atoms with E-state index in [1.165, 1.54) is 12.5 Å². The summed E-state index contributed by atoms with van der Waals surface area (Å²) in [6, 6.07) is 8.15. The third-order valence-electron chi connectivity index (χ3n) is 2.65. The fourth-order valence-electron chi connectivity index (χ4n) is 1.68. The van der Waals surface area contributed by atoms with Gasteiger partial charge in [-0.1, -0.05) is 42.5 Å². The Morgan fingerprint density at radius 2 is 2.05 bits per heavy atom. The number of nitrogens with one attached hydrogen (secondary N) is 1. The van der Waals surface area contributed by atoms with Crippen molar-refractivity contribution in [3.05, 3.63) is 48.4 Å². The Kier molecular flexibility index (Phi) is 4.17. The van der Waals surface area contributed by atoms with Crippen LogP contribution >= 0.6 is 12.2 Å². The van der Waals surface area contributed by atoms with Crippen LogP contribution in [0.1, 0.15) is 11.6 Å². The molecule has 3 N–H and O–H groups in total. The molecule has 0 aliphatic carbocycles. The van der Waals surface area contributed by atoms with Crippen LogP contribution in [0, 0.1) is 0 Å². The Morgan fingerprint density at radius 3 is 2.55 bits per heavy atom. The molecule has 0 radical (unpaired) electrons. The van der Waals surface area contributed by atoms with E-state index >= 15 is 0 Å². The summed E-state index contributed by atoms with van der Waals surface area (Å²) < 4.78 is 28.5. The number of imidazole rings is 1. The molecule has 0 spiro atoms. The number of aromatic nitrogens is 2. The van der Waals surface area contributed by atoms with E-state index in [4.69, 9.17) is 18.0 Å². The van der Waals surface area contributed by atoms with Crippen molar-refractivity contribution in [2.24, 2.45) is 12.8 Å². The summed E-state index contributed by atoms with van der Waals surface area (Å²) in [5.41, 5.74) is 6.32. The highest BCUT2D eigenvalue weighted by Gasteiger charge is 2.24. The summed E-state index contributed by atoms with van der Waals surface area (Å²) in [6.45, 7) is 0. The molecule has 1 heterocycles. The molecule has 20 heavy (non-hydrogen) atoms. The second-order valence-corrected chi connectivity index (χ2v) is 6.38. The van der Waals surface area contributed by atoms with Crippen molar-refractivity contribution in [2.45, 2.75) is 11.1 Å². The summed E-state index contributed by atoms with van der Waals surface area (Å²) in [4.78, 5) is 3.87. The molecule has 2 aromatic rings.